The van der Waals surface area contributed by atoms with Gasteiger partial charge in [-0.1, -0.05) is 6.07 Å². The Bertz CT molecular complexity index is 637. The molecule has 0 atom stereocenters. The number of nitrogens with zero attached hydrogens (tertiary/aromatic N) is 3. The number of methoxy groups -OCH3 is 1. The molecule has 0 radical (unpaired) electrons. The number of rotatable bonds is 3. The molecule has 0 bridgehead atoms. The van der Waals surface area contributed by atoms with Gasteiger partial charge in [0.2, 0.25) is 5.88 Å². The Morgan fingerprint density at radius 3 is 2.68 bits per heavy atom. The SMILES string of the molecule is COc1cccc(C2CCN(C3CC4(CCN(C(=O)O)C4)C3)CC2)n1. The molecule has 1 aliphatic carbocycles. The van der Waals surface area contributed by atoms with E-state index in [0.29, 0.717) is 24.4 Å². The first kappa shape index (κ1) is 16.6. The first-order chi connectivity index (χ1) is 12.1. The predicted molar refractivity (Wildman–Crippen MR) is 94.0 cm³/mol. The molecule has 3 fully saturated rings. The van der Waals surface area contributed by atoms with Crippen molar-refractivity contribution in [2.75, 3.05) is 33.3 Å². The van der Waals surface area contributed by atoms with Gasteiger partial charge in [-0.3, -0.25) is 0 Å². The smallest absolute Gasteiger partial charge is 0.407 e. The van der Waals surface area contributed by atoms with Gasteiger partial charge < -0.3 is 19.6 Å². The van der Waals surface area contributed by atoms with Crippen LogP contribution in [-0.4, -0.2) is 65.3 Å². The molecule has 1 N–H and O–H groups in total. The minimum atomic E-state index is -0.757. The molecule has 1 saturated carbocycles. The molecule has 6 heteroatoms. The topological polar surface area (TPSA) is 65.9 Å². The van der Waals surface area contributed by atoms with Crippen molar-refractivity contribution in [2.45, 2.75) is 44.1 Å². The fraction of sp³-hybridized carbons (Fsp3) is 0.684. The zero-order valence-electron chi connectivity index (χ0n) is 14.9. The Labute approximate surface area is 148 Å². The Morgan fingerprint density at radius 1 is 1.28 bits per heavy atom. The molecule has 0 aromatic carbocycles. The van der Waals surface area contributed by atoms with Gasteiger partial charge in [0.25, 0.3) is 0 Å². The average molecular weight is 345 g/mol. The molecule has 25 heavy (non-hydrogen) atoms. The van der Waals surface area contributed by atoms with Gasteiger partial charge in [0.05, 0.1) is 7.11 Å². The van der Waals surface area contributed by atoms with E-state index in [1.165, 1.54) is 12.8 Å². The van der Waals surface area contributed by atoms with Crippen molar-refractivity contribution in [3.63, 3.8) is 0 Å². The first-order valence-electron chi connectivity index (χ1n) is 9.31. The van der Waals surface area contributed by atoms with Crippen molar-refractivity contribution in [3.8, 4) is 5.88 Å². The van der Waals surface area contributed by atoms with Crippen molar-refractivity contribution < 1.29 is 14.6 Å². The second-order valence-electron chi connectivity index (χ2n) is 7.93. The standard InChI is InChI=1S/C19H27N3O3/c1-25-17-4-2-3-16(20-17)14-5-8-21(9-6-14)15-11-19(12-15)7-10-22(13-19)18(23)24/h2-4,14-15H,5-13H2,1H3,(H,23,24). The minimum absolute atomic E-state index is 0.272. The van der Waals surface area contributed by atoms with Crippen molar-refractivity contribution in [1.82, 2.24) is 14.8 Å². The highest BCUT2D eigenvalue weighted by molar-refractivity contribution is 5.65. The summed E-state index contributed by atoms with van der Waals surface area (Å²) in [5, 5.41) is 9.16. The number of amides is 1. The summed E-state index contributed by atoms with van der Waals surface area (Å²) in [7, 11) is 1.66. The maximum absolute atomic E-state index is 11.1. The molecule has 1 amide bonds. The van der Waals surface area contributed by atoms with Gasteiger partial charge in [-0.2, -0.15) is 0 Å². The molecule has 3 aliphatic rings. The molecule has 136 valence electrons. The molecular weight excluding hydrogens is 318 g/mol. The second kappa shape index (κ2) is 6.48. The number of ether oxygens (including phenoxy) is 1. The van der Waals surface area contributed by atoms with Crippen LogP contribution >= 0.6 is 0 Å². The molecule has 2 saturated heterocycles. The van der Waals surface area contributed by atoms with E-state index in [4.69, 9.17) is 9.84 Å². The molecule has 2 aliphatic heterocycles. The van der Waals surface area contributed by atoms with Crippen LogP contribution in [0.1, 0.15) is 43.7 Å². The number of hydrogen-bond acceptors (Lipinski definition) is 4. The fourth-order valence-electron chi connectivity index (χ4n) is 4.96. The average Bonchev–Trinajstić information content (AvgIpc) is 3.07. The van der Waals surface area contributed by atoms with Gasteiger partial charge in [-0.25, -0.2) is 9.78 Å². The van der Waals surface area contributed by atoms with Gasteiger partial charge in [0.1, 0.15) is 0 Å². The van der Waals surface area contributed by atoms with E-state index in [9.17, 15) is 4.79 Å². The highest BCUT2D eigenvalue weighted by Gasteiger charge is 2.51. The summed E-state index contributed by atoms with van der Waals surface area (Å²) in [5.74, 6) is 1.22. The van der Waals surface area contributed by atoms with Gasteiger partial charge in [0, 0.05) is 36.8 Å². The third kappa shape index (κ3) is 3.19. The van der Waals surface area contributed by atoms with E-state index >= 15 is 0 Å². The van der Waals surface area contributed by atoms with Crippen LogP contribution in [0.15, 0.2) is 18.2 Å². The monoisotopic (exact) mass is 345 g/mol. The Hall–Kier alpha value is -1.82. The molecular formula is C19H27N3O3. The Balaban J connectivity index is 1.28. The lowest BCUT2D eigenvalue weighted by atomic mass is 9.64. The fourth-order valence-corrected chi connectivity index (χ4v) is 4.96. The highest BCUT2D eigenvalue weighted by atomic mass is 16.5. The van der Waals surface area contributed by atoms with Crippen LogP contribution in [0.4, 0.5) is 4.79 Å². The van der Waals surface area contributed by atoms with E-state index in [2.05, 4.69) is 16.0 Å². The number of likely N-dealkylation sites (tertiary alicyclic amines) is 2. The van der Waals surface area contributed by atoms with Crippen molar-refractivity contribution >= 4 is 6.09 Å². The number of carbonyl (C=O) groups is 1. The van der Waals surface area contributed by atoms with E-state index in [1.54, 1.807) is 12.0 Å². The Morgan fingerprint density at radius 2 is 2.04 bits per heavy atom. The summed E-state index contributed by atoms with van der Waals surface area (Å²) >= 11 is 0. The lowest BCUT2D eigenvalue weighted by Gasteiger charge is -2.51. The maximum Gasteiger partial charge on any atom is 0.407 e. The van der Waals surface area contributed by atoms with Crippen LogP contribution in [0.25, 0.3) is 0 Å². The summed E-state index contributed by atoms with van der Waals surface area (Å²) < 4.78 is 5.24. The summed E-state index contributed by atoms with van der Waals surface area (Å²) in [5.41, 5.74) is 1.42. The summed E-state index contributed by atoms with van der Waals surface area (Å²) in [6.07, 6.45) is 4.90. The van der Waals surface area contributed by atoms with Gasteiger partial charge in [-0.15, -0.1) is 0 Å². The van der Waals surface area contributed by atoms with Crippen LogP contribution < -0.4 is 4.74 Å². The number of carboxylic acid groups (broad SMARTS) is 1. The van der Waals surface area contributed by atoms with Crippen LogP contribution in [0.5, 0.6) is 5.88 Å². The second-order valence-corrected chi connectivity index (χ2v) is 7.93. The summed E-state index contributed by atoms with van der Waals surface area (Å²) in [6, 6.07) is 6.68. The van der Waals surface area contributed by atoms with Crippen LogP contribution in [0.2, 0.25) is 0 Å². The molecule has 1 spiro atoms. The molecule has 6 nitrogen and oxygen atoms in total. The van der Waals surface area contributed by atoms with Crippen molar-refractivity contribution in [3.05, 3.63) is 23.9 Å². The van der Waals surface area contributed by atoms with Crippen LogP contribution in [-0.2, 0) is 0 Å². The zero-order valence-corrected chi connectivity index (χ0v) is 14.9. The third-order valence-electron chi connectivity index (χ3n) is 6.46. The first-order valence-corrected chi connectivity index (χ1v) is 9.31. The molecule has 1 aromatic rings. The molecule has 3 heterocycles. The maximum atomic E-state index is 11.1. The van der Waals surface area contributed by atoms with Gasteiger partial charge in [-0.05, 0) is 56.7 Å². The largest absolute Gasteiger partial charge is 0.481 e. The van der Waals surface area contributed by atoms with Crippen LogP contribution in [0, 0.1) is 5.41 Å². The number of pyridine rings is 1. The lowest BCUT2D eigenvalue weighted by Crippen LogP contribution is -2.54. The normalized spacial score (nSPS) is 30.4. The van der Waals surface area contributed by atoms with Gasteiger partial charge >= 0.3 is 6.09 Å². The lowest BCUT2D eigenvalue weighted by molar-refractivity contribution is -0.00403. The van der Waals surface area contributed by atoms with Crippen molar-refractivity contribution in [2.24, 2.45) is 5.41 Å². The quantitative estimate of drug-likeness (QED) is 0.912. The highest BCUT2D eigenvalue weighted by Crippen LogP contribution is 2.50. The molecule has 1 aromatic heterocycles. The van der Waals surface area contributed by atoms with Gasteiger partial charge in [0.15, 0.2) is 0 Å². The van der Waals surface area contributed by atoms with E-state index < -0.39 is 6.09 Å². The summed E-state index contributed by atoms with van der Waals surface area (Å²) in [6.45, 7) is 3.69. The molecule has 4 rings (SSSR count). The van der Waals surface area contributed by atoms with E-state index in [1.807, 2.05) is 12.1 Å². The van der Waals surface area contributed by atoms with Crippen molar-refractivity contribution in [1.29, 1.82) is 0 Å². The number of hydrogen-bond donors (Lipinski definition) is 1. The van der Waals surface area contributed by atoms with E-state index in [-0.39, 0.29) is 5.41 Å². The summed E-state index contributed by atoms with van der Waals surface area (Å²) in [4.78, 5) is 19.9. The van der Waals surface area contributed by atoms with E-state index in [0.717, 1.165) is 44.6 Å². The minimum Gasteiger partial charge on any atom is -0.481 e. The molecule has 0 unspecified atom stereocenters. The Kier molecular flexibility index (Phi) is 4.31. The predicted octanol–water partition coefficient (Wildman–Crippen LogP) is 2.80. The number of piperidine rings is 1. The van der Waals surface area contributed by atoms with Crippen LogP contribution in [0.3, 0.4) is 0 Å². The zero-order chi connectivity index (χ0) is 17.4. The third-order valence-corrected chi connectivity index (χ3v) is 6.46. The number of aromatic nitrogens is 1.